The van der Waals surface area contributed by atoms with E-state index in [0.29, 0.717) is 6.61 Å². The van der Waals surface area contributed by atoms with E-state index in [2.05, 4.69) is 18.8 Å². The van der Waals surface area contributed by atoms with Gasteiger partial charge in [-0.3, -0.25) is 0 Å². The molecular formula is C25H27F3O3. The van der Waals surface area contributed by atoms with E-state index in [1.165, 1.54) is 18.2 Å². The van der Waals surface area contributed by atoms with Crippen molar-refractivity contribution < 1.29 is 27.4 Å². The van der Waals surface area contributed by atoms with E-state index in [-0.39, 0.29) is 30.1 Å². The third-order valence-corrected chi connectivity index (χ3v) is 5.12. The molecule has 2 aromatic carbocycles. The van der Waals surface area contributed by atoms with Gasteiger partial charge in [0, 0.05) is 5.92 Å². The minimum Gasteiger partial charge on any atom is -0.490 e. The first kappa shape index (κ1) is 23.2. The summed E-state index contributed by atoms with van der Waals surface area (Å²) in [6.45, 7) is 4.48. The summed E-state index contributed by atoms with van der Waals surface area (Å²) in [4.78, 5) is 0. The van der Waals surface area contributed by atoms with Gasteiger partial charge in [0.2, 0.25) is 12.1 Å². The lowest BCUT2D eigenvalue weighted by atomic mass is 9.99. The van der Waals surface area contributed by atoms with Crippen LogP contribution in [0.5, 0.6) is 5.75 Å². The van der Waals surface area contributed by atoms with Crippen LogP contribution in [-0.4, -0.2) is 26.1 Å². The van der Waals surface area contributed by atoms with Crippen molar-refractivity contribution in [1.29, 1.82) is 0 Å². The number of aryl methyl sites for hydroxylation is 1. The number of unbranched alkanes of at least 4 members (excludes halogenated alkanes) is 3. The summed E-state index contributed by atoms with van der Waals surface area (Å²) in [5, 5.41) is 0. The first-order valence-corrected chi connectivity index (χ1v) is 10.6. The molecular weight excluding hydrogens is 405 g/mol. The van der Waals surface area contributed by atoms with Crippen LogP contribution in [-0.2, 0) is 9.47 Å². The molecule has 6 heteroatoms. The predicted molar refractivity (Wildman–Crippen MR) is 112 cm³/mol. The fourth-order valence-electron chi connectivity index (χ4n) is 3.31. The summed E-state index contributed by atoms with van der Waals surface area (Å²) in [6, 6.07) is 7.71. The van der Waals surface area contributed by atoms with Crippen molar-refractivity contribution in [2.75, 3.05) is 19.8 Å². The summed E-state index contributed by atoms with van der Waals surface area (Å²) < 4.78 is 59.3. The maximum absolute atomic E-state index is 14.6. The Morgan fingerprint density at radius 2 is 1.77 bits per heavy atom. The van der Waals surface area contributed by atoms with Crippen LogP contribution in [0, 0.1) is 36.2 Å². The second-order valence-electron chi connectivity index (χ2n) is 7.64. The molecule has 0 aromatic heterocycles. The predicted octanol–water partition coefficient (Wildman–Crippen LogP) is 5.88. The van der Waals surface area contributed by atoms with Crippen molar-refractivity contribution in [2.45, 2.75) is 51.7 Å². The van der Waals surface area contributed by atoms with Crippen molar-refractivity contribution in [1.82, 2.24) is 0 Å². The van der Waals surface area contributed by atoms with E-state index >= 15 is 0 Å². The molecule has 3 nitrogen and oxygen atoms in total. The average molecular weight is 432 g/mol. The molecule has 0 amide bonds. The molecule has 0 unspecified atom stereocenters. The minimum atomic E-state index is -0.996. The normalized spacial score (nSPS) is 18.4. The molecule has 0 atom stereocenters. The molecule has 1 saturated heterocycles. The van der Waals surface area contributed by atoms with Crippen LogP contribution in [0.3, 0.4) is 0 Å². The Morgan fingerprint density at radius 1 is 1.00 bits per heavy atom. The zero-order valence-electron chi connectivity index (χ0n) is 17.8. The SMILES string of the molecule is CCCCCCOc1ccc(C2COC(C#Cc3ccc(C)cc3F)OC2)c(F)c1F. The molecule has 1 heterocycles. The van der Waals surface area contributed by atoms with E-state index in [1.807, 2.05) is 0 Å². The monoisotopic (exact) mass is 432 g/mol. The second-order valence-corrected chi connectivity index (χ2v) is 7.64. The summed E-state index contributed by atoms with van der Waals surface area (Å²) in [5.74, 6) is 2.51. The van der Waals surface area contributed by atoms with Crippen molar-refractivity contribution in [3.63, 3.8) is 0 Å². The zero-order valence-corrected chi connectivity index (χ0v) is 17.8. The van der Waals surface area contributed by atoms with Gasteiger partial charge >= 0.3 is 0 Å². The Morgan fingerprint density at radius 3 is 2.48 bits per heavy atom. The molecule has 1 aliphatic rings. The molecule has 1 fully saturated rings. The van der Waals surface area contributed by atoms with Crippen LogP contribution in [0.4, 0.5) is 13.2 Å². The Labute approximate surface area is 181 Å². The van der Waals surface area contributed by atoms with Crippen LogP contribution in [0.15, 0.2) is 30.3 Å². The first-order valence-electron chi connectivity index (χ1n) is 10.6. The van der Waals surface area contributed by atoms with E-state index in [0.717, 1.165) is 31.2 Å². The van der Waals surface area contributed by atoms with Gasteiger partial charge < -0.3 is 14.2 Å². The smallest absolute Gasteiger partial charge is 0.222 e. The fourth-order valence-corrected chi connectivity index (χ4v) is 3.31. The summed E-state index contributed by atoms with van der Waals surface area (Å²) >= 11 is 0. The zero-order chi connectivity index (χ0) is 22.2. The fraction of sp³-hybridized carbons (Fsp3) is 0.440. The minimum absolute atomic E-state index is 0.0840. The molecule has 3 rings (SSSR count). The van der Waals surface area contributed by atoms with Gasteiger partial charge in [-0.25, -0.2) is 8.78 Å². The summed E-state index contributed by atoms with van der Waals surface area (Å²) in [6.07, 6.45) is 3.13. The molecule has 0 radical (unpaired) electrons. The van der Waals surface area contributed by atoms with Gasteiger partial charge in [0.25, 0.3) is 0 Å². The van der Waals surface area contributed by atoms with E-state index < -0.39 is 29.7 Å². The van der Waals surface area contributed by atoms with Crippen LogP contribution in [0.2, 0.25) is 0 Å². The third kappa shape index (κ3) is 6.25. The van der Waals surface area contributed by atoms with Gasteiger partial charge in [-0.05, 0) is 48.6 Å². The largest absolute Gasteiger partial charge is 0.490 e. The lowest BCUT2D eigenvalue weighted by Gasteiger charge is -2.27. The van der Waals surface area contributed by atoms with E-state index in [4.69, 9.17) is 14.2 Å². The Balaban J connectivity index is 1.57. The molecule has 0 saturated carbocycles. The molecule has 31 heavy (non-hydrogen) atoms. The van der Waals surface area contributed by atoms with E-state index in [1.54, 1.807) is 19.1 Å². The van der Waals surface area contributed by atoms with Gasteiger partial charge in [0.1, 0.15) is 5.82 Å². The summed E-state index contributed by atoms with van der Waals surface area (Å²) in [7, 11) is 0. The highest BCUT2D eigenvalue weighted by molar-refractivity contribution is 5.38. The van der Waals surface area contributed by atoms with Gasteiger partial charge in [-0.2, -0.15) is 4.39 Å². The van der Waals surface area contributed by atoms with Gasteiger partial charge in [0.05, 0.1) is 25.4 Å². The maximum atomic E-state index is 14.6. The molecule has 0 bridgehead atoms. The van der Waals surface area contributed by atoms with Gasteiger partial charge in [0.15, 0.2) is 11.6 Å². The third-order valence-electron chi connectivity index (χ3n) is 5.12. The number of halogens is 3. The number of hydrogen-bond donors (Lipinski definition) is 0. The standard InChI is InChI=1S/C25H27F3O3/c1-3-4-5-6-13-29-22-11-10-20(24(27)25(22)28)19-15-30-23(31-16-19)12-9-18-8-7-17(2)14-21(18)26/h7-8,10-11,14,19,23H,3-6,13,15-16H2,1-2H3. The highest BCUT2D eigenvalue weighted by atomic mass is 19.2. The van der Waals surface area contributed by atoms with Crippen molar-refractivity contribution >= 4 is 0 Å². The lowest BCUT2D eigenvalue weighted by Crippen LogP contribution is -2.30. The van der Waals surface area contributed by atoms with Gasteiger partial charge in [-0.1, -0.05) is 44.2 Å². The highest BCUT2D eigenvalue weighted by Gasteiger charge is 2.27. The Kier molecular flexibility index (Phi) is 8.39. The van der Waals surface area contributed by atoms with Crippen molar-refractivity contribution in [2.24, 2.45) is 0 Å². The average Bonchev–Trinajstić information content (AvgIpc) is 2.76. The topological polar surface area (TPSA) is 27.7 Å². The molecule has 1 aliphatic heterocycles. The Hall–Kier alpha value is -2.49. The van der Waals surface area contributed by atoms with Crippen molar-refractivity contribution in [3.8, 4) is 17.6 Å². The number of ether oxygens (including phenoxy) is 3. The summed E-state index contributed by atoms with van der Waals surface area (Å²) in [5.41, 5.74) is 1.23. The highest BCUT2D eigenvalue weighted by Crippen LogP contribution is 2.30. The number of hydrogen-bond acceptors (Lipinski definition) is 3. The first-order chi connectivity index (χ1) is 15.0. The molecule has 2 aromatic rings. The van der Waals surface area contributed by atoms with Gasteiger partial charge in [-0.15, -0.1) is 0 Å². The van der Waals surface area contributed by atoms with E-state index in [9.17, 15) is 13.2 Å². The molecule has 0 spiro atoms. The van der Waals surface area contributed by atoms with Crippen LogP contribution in [0.1, 0.15) is 55.2 Å². The number of benzene rings is 2. The molecule has 0 N–H and O–H groups in total. The van der Waals surface area contributed by atoms with Crippen LogP contribution < -0.4 is 4.74 Å². The quantitative estimate of drug-likeness (QED) is 0.404. The van der Waals surface area contributed by atoms with Crippen molar-refractivity contribution in [3.05, 3.63) is 64.5 Å². The maximum Gasteiger partial charge on any atom is 0.222 e. The molecule has 166 valence electrons. The van der Waals surface area contributed by atoms with Crippen LogP contribution >= 0.6 is 0 Å². The lowest BCUT2D eigenvalue weighted by molar-refractivity contribution is -0.154. The Bertz CT molecular complexity index is 941. The second kappa shape index (κ2) is 11.2. The molecule has 0 aliphatic carbocycles. The van der Waals surface area contributed by atoms with Crippen LogP contribution in [0.25, 0.3) is 0 Å². The number of rotatable bonds is 7.